The van der Waals surface area contributed by atoms with Gasteiger partial charge < -0.3 is 20.7 Å². The van der Waals surface area contributed by atoms with E-state index in [9.17, 15) is 4.79 Å². The minimum Gasteiger partial charge on any atom is -0.451 e. The van der Waals surface area contributed by atoms with Crippen molar-refractivity contribution >= 4 is 22.7 Å². The van der Waals surface area contributed by atoms with E-state index in [-0.39, 0.29) is 11.6 Å². The Balaban J connectivity index is 2.27. The van der Waals surface area contributed by atoms with Gasteiger partial charge in [-0.25, -0.2) is 0 Å². The van der Waals surface area contributed by atoms with Crippen molar-refractivity contribution in [1.82, 2.24) is 5.32 Å². The first-order valence-corrected chi connectivity index (χ1v) is 6.29. The van der Waals surface area contributed by atoms with Gasteiger partial charge in [0.25, 0.3) is 5.91 Å². The summed E-state index contributed by atoms with van der Waals surface area (Å²) in [7, 11) is 0. The third-order valence-corrected chi connectivity index (χ3v) is 3.42. The molecule has 20 heavy (non-hydrogen) atoms. The second kappa shape index (κ2) is 5.24. The van der Waals surface area contributed by atoms with E-state index in [4.69, 9.17) is 15.4 Å². The first kappa shape index (κ1) is 13.9. The summed E-state index contributed by atoms with van der Waals surface area (Å²) >= 11 is 0. The lowest BCUT2D eigenvalue weighted by Gasteiger charge is -2.27. The number of rotatable bonds is 4. The highest BCUT2D eigenvalue weighted by atomic mass is 16.4. The number of nitrogens with zero attached hydrogens (tertiary/aromatic N) is 1. The number of benzene rings is 1. The van der Waals surface area contributed by atoms with Crippen LogP contribution in [0.5, 0.6) is 0 Å². The van der Waals surface area contributed by atoms with Gasteiger partial charge in [-0.15, -0.1) is 0 Å². The van der Waals surface area contributed by atoms with Crippen LogP contribution in [-0.4, -0.2) is 22.5 Å². The molecule has 1 amide bonds. The molecule has 2 aromatic rings. The molecule has 0 bridgehead atoms. The lowest BCUT2D eigenvalue weighted by atomic mass is 9.97. The Kier molecular flexibility index (Phi) is 3.65. The third kappa shape index (κ3) is 2.45. The Bertz CT molecular complexity index is 629. The van der Waals surface area contributed by atoms with Crippen molar-refractivity contribution in [1.29, 1.82) is 0 Å². The first-order valence-electron chi connectivity index (χ1n) is 6.29. The van der Waals surface area contributed by atoms with Crippen LogP contribution in [0.25, 0.3) is 11.0 Å². The molecule has 0 aliphatic rings. The van der Waals surface area contributed by atoms with E-state index >= 15 is 0 Å². The van der Waals surface area contributed by atoms with E-state index < -0.39 is 11.4 Å². The molecule has 1 atom stereocenters. The third-order valence-electron chi connectivity index (χ3n) is 3.42. The Morgan fingerprint density at radius 1 is 1.50 bits per heavy atom. The standard InChI is InChI=1S/C14H17N3O3/c1-3-14(2,13(15)17-19)16-12(18)11-8-9-6-4-5-7-10(9)20-11/h4-8,19H,3H2,1-2H3,(H2,15,17)(H,16,18). The zero-order valence-corrected chi connectivity index (χ0v) is 11.4. The number of nitrogens with two attached hydrogens (primary N) is 1. The summed E-state index contributed by atoms with van der Waals surface area (Å²) in [6.45, 7) is 3.51. The number of amides is 1. The molecule has 0 fully saturated rings. The SMILES string of the molecule is CCC(C)(NC(=O)c1cc2ccccc2o1)/C(N)=N/O. The smallest absolute Gasteiger partial charge is 0.287 e. The second-order valence-corrected chi connectivity index (χ2v) is 4.77. The van der Waals surface area contributed by atoms with E-state index in [1.807, 2.05) is 25.1 Å². The fourth-order valence-electron chi connectivity index (χ4n) is 1.85. The number of carbonyl (C=O) groups is 1. The second-order valence-electron chi connectivity index (χ2n) is 4.77. The minimum absolute atomic E-state index is 0.0514. The van der Waals surface area contributed by atoms with Gasteiger partial charge in [0.2, 0.25) is 0 Å². The topological polar surface area (TPSA) is 101 Å². The summed E-state index contributed by atoms with van der Waals surface area (Å²) in [5.41, 5.74) is 5.33. The number of hydrogen-bond donors (Lipinski definition) is 3. The molecular formula is C14H17N3O3. The van der Waals surface area contributed by atoms with Crippen molar-refractivity contribution < 1.29 is 14.4 Å². The summed E-state index contributed by atoms with van der Waals surface area (Å²) in [4.78, 5) is 12.2. The highest BCUT2D eigenvalue weighted by Crippen LogP contribution is 2.20. The maximum absolute atomic E-state index is 12.2. The van der Waals surface area contributed by atoms with Crippen LogP contribution in [0.2, 0.25) is 0 Å². The van der Waals surface area contributed by atoms with Crippen LogP contribution in [0.4, 0.5) is 0 Å². The van der Waals surface area contributed by atoms with Gasteiger partial charge in [0.1, 0.15) is 5.58 Å². The van der Waals surface area contributed by atoms with E-state index in [1.54, 1.807) is 19.1 Å². The van der Waals surface area contributed by atoms with Crippen molar-refractivity contribution in [2.45, 2.75) is 25.8 Å². The van der Waals surface area contributed by atoms with Crippen LogP contribution in [0.1, 0.15) is 30.8 Å². The highest BCUT2D eigenvalue weighted by molar-refractivity contribution is 6.00. The van der Waals surface area contributed by atoms with Gasteiger partial charge in [0.15, 0.2) is 11.6 Å². The molecule has 6 nitrogen and oxygen atoms in total. The summed E-state index contributed by atoms with van der Waals surface area (Å²) in [5, 5.41) is 15.3. The minimum atomic E-state index is -0.926. The predicted octanol–water partition coefficient (Wildman–Crippen LogP) is 2.08. The number of carbonyl (C=O) groups excluding carboxylic acids is 1. The van der Waals surface area contributed by atoms with Crippen LogP contribution in [-0.2, 0) is 0 Å². The lowest BCUT2D eigenvalue weighted by molar-refractivity contribution is 0.0899. The van der Waals surface area contributed by atoms with Gasteiger partial charge >= 0.3 is 0 Å². The van der Waals surface area contributed by atoms with Crippen molar-refractivity contribution in [3.63, 3.8) is 0 Å². The number of nitrogens with one attached hydrogen (secondary N) is 1. The Labute approximate surface area is 116 Å². The van der Waals surface area contributed by atoms with Gasteiger partial charge in [0, 0.05) is 5.39 Å². The van der Waals surface area contributed by atoms with Crippen LogP contribution in [0.3, 0.4) is 0 Å². The van der Waals surface area contributed by atoms with Gasteiger partial charge in [-0.1, -0.05) is 30.3 Å². The molecule has 4 N–H and O–H groups in total. The molecule has 1 aromatic heterocycles. The molecule has 2 rings (SSSR count). The zero-order chi connectivity index (χ0) is 14.8. The summed E-state index contributed by atoms with van der Waals surface area (Å²) in [6, 6.07) is 9.01. The van der Waals surface area contributed by atoms with Crippen LogP contribution >= 0.6 is 0 Å². The Morgan fingerprint density at radius 3 is 2.80 bits per heavy atom. The summed E-state index contributed by atoms with van der Waals surface area (Å²) in [5.74, 6) is -0.266. The van der Waals surface area contributed by atoms with Gasteiger partial charge in [-0.3, -0.25) is 4.79 Å². The van der Waals surface area contributed by atoms with Crippen LogP contribution in [0.15, 0.2) is 39.9 Å². The maximum Gasteiger partial charge on any atom is 0.287 e. The first-order chi connectivity index (χ1) is 9.50. The number of para-hydroxylation sites is 1. The largest absolute Gasteiger partial charge is 0.451 e. The van der Waals surface area contributed by atoms with Gasteiger partial charge in [-0.05, 0) is 25.5 Å². The predicted molar refractivity (Wildman–Crippen MR) is 75.8 cm³/mol. The van der Waals surface area contributed by atoms with Crippen molar-refractivity contribution in [2.75, 3.05) is 0 Å². The highest BCUT2D eigenvalue weighted by Gasteiger charge is 2.31. The van der Waals surface area contributed by atoms with E-state index in [0.29, 0.717) is 12.0 Å². The quantitative estimate of drug-likeness (QED) is 0.344. The molecule has 106 valence electrons. The number of amidine groups is 1. The molecule has 0 aliphatic heterocycles. The molecule has 1 unspecified atom stereocenters. The number of furan rings is 1. The van der Waals surface area contributed by atoms with E-state index in [2.05, 4.69) is 10.5 Å². The average Bonchev–Trinajstić information content (AvgIpc) is 2.90. The van der Waals surface area contributed by atoms with Crippen LogP contribution < -0.4 is 11.1 Å². The van der Waals surface area contributed by atoms with Crippen molar-refractivity contribution in [2.24, 2.45) is 10.9 Å². The molecule has 0 radical (unpaired) electrons. The zero-order valence-electron chi connectivity index (χ0n) is 11.4. The fraction of sp³-hybridized carbons (Fsp3) is 0.286. The Morgan fingerprint density at radius 2 is 2.20 bits per heavy atom. The average molecular weight is 275 g/mol. The maximum atomic E-state index is 12.2. The molecule has 1 aromatic carbocycles. The van der Waals surface area contributed by atoms with Crippen molar-refractivity contribution in [3.8, 4) is 0 Å². The molecule has 0 saturated heterocycles. The number of hydrogen-bond acceptors (Lipinski definition) is 4. The fourth-order valence-corrected chi connectivity index (χ4v) is 1.85. The van der Waals surface area contributed by atoms with Crippen molar-refractivity contribution in [3.05, 3.63) is 36.1 Å². The molecule has 6 heteroatoms. The van der Waals surface area contributed by atoms with E-state index in [1.165, 1.54) is 0 Å². The molecular weight excluding hydrogens is 258 g/mol. The van der Waals surface area contributed by atoms with Gasteiger partial charge in [0.05, 0.1) is 5.54 Å². The van der Waals surface area contributed by atoms with Crippen LogP contribution in [0, 0.1) is 0 Å². The molecule has 1 heterocycles. The molecule has 0 spiro atoms. The number of oxime groups is 1. The van der Waals surface area contributed by atoms with E-state index in [0.717, 1.165) is 5.39 Å². The monoisotopic (exact) mass is 275 g/mol. The normalized spacial score (nSPS) is 15.0. The molecule has 0 aliphatic carbocycles. The molecule has 0 saturated carbocycles. The summed E-state index contributed by atoms with van der Waals surface area (Å²) < 4.78 is 5.48. The number of fused-ring (bicyclic) bond motifs is 1. The lowest BCUT2D eigenvalue weighted by Crippen LogP contribution is -2.55. The van der Waals surface area contributed by atoms with Gasteiger partial charge in [-0.2, -0.15) is 0 Å². The Hall–Kier alpha value is -2.50. The summed E-state index contributed by atoms with van der Waals surface area (Å²) in [6.07, 6.45) is 0.481.